The molecule has 138 valence electrons. The lowest BCUT2D eigenvalue weighted by Gasteiger charge is -2.18. The van der Waals surface area contributed by atoms with Gasteiger partial charge in [-0.05, 0) is 17.7 Å². The van der Waals surface area contributed by atoms with Crippen molar-refractivity contribution >= 4 is 11.9 Å². The maximum Gasteiger partial charge on any atom is 0.305 e. The Morgan fingerprint density at radius 1 is 1.11 bits per heavy atom. The van der Waals surface area contributed by atoms with E-state index in [2.05, 4.69) is 10.3 Å². The van der Waals surface area contributed by atoms with Gasteiger partial charge < -0.3 is 15.0 Å². The molecule has 1 amide bonds. The highest BCUT2D eigenvalue weighted by Crippen LogP contribution is 2.19. The van der Waals surface area contributed by atoms with Crippen LogP contribution in [0.5, 0.6) is 0 Å². The van der Waals surface area contributed by atoms with E-state index >= 15 is 0 Å². The van der Waals surface area contributed by atoms with E-state index in [1.165, 1.54) is 24.3 Å². The van der Waals surface area contributed by atoms with E-state index in [-0.39, 0.29) is 18.9 Å². The molecule has 27 heavy (non-hydrogen) atoms. The number of hydrogen-bond acceptors (Lipinski definition) is 3. The average molecular weight is 367 g/mol. The van der Waals surface area contributed by atoms with Crippen molar-refractivity contribution in [2.45, 2.75) is 19.0 Å². The van der Waals surface area contributed by atoms with Crippen LogP contribution in [0.25, 0.3) is 11.4 Å². The first kappa shape index (κ1) is 18.3. The van der Waals surface area contributed by atoms with Crippen molar-refractivity contribution in [3.05, 3.63) is 78.4 Å². The highest BCUT2D eigenvalue weighted by atomic mass is 19.1. The largest absolute Gasteiger partial charge is 0.481 e. The van der Waals surface area contributed by atoms with E-state index in [1.807, 2.05) is 30.3 Å². The monoisotopic (exact) mass is 367 g/mol. The van der Waals surface area contributed by atoms with Gasteiger partial charge in [0.25, 0.3) is 0 Å². The van der Waals surface area contributed by atoms with Gasteiger partial charge in [-0.25, -0.2) is 9.37 Å². The number of carboxylic acids is 1. The van der Waals surface area contributed by atoms with Crippen molar-refractivity contribution in [3.63, 3.8) is 0 Å². The third-order valence-electron chi connectivity index (χ3n) is 4.05. The van der Waals surface area contributed by atoms with Gasteiger partial charge in [-0.15, -0.1) is 0 Å². The number of amides is 1. The number of aliphatic carboxylic acids is 1. The number of halogens is 1. The lowest BCUT2D eigenvalue weighted by atomic mass is 10.0. The van der Waals surface area contributed by atoms with E-state index in [1.54, 1.807) is 17.0 Å². The quantitative estimate of drug-likeness (QED) is 0.672. The van der Waals surface area contributed by atoms with Crippen molar-refractivity contribution in [2.24, 2.45) is 0 Å². The zero-order valence-corrected chi connectivity index (χ0v) is 14.4. The molecule has 2 aromatic carbocycles. The molecule has 2 N–H and O–H groups in total. The highest BCUT2D eigenvalue weighted by Gasteiger charge is 2.19. The molecule has 1 atom stereocenters. The van der Waals surface area contributed by atoms with Crippen molar-refractivity contribution in [3.8, 4) is 11.4 Å². The molecule has 0 aliphatic carbocycles. The van der Waals surface area contributed by atoms with Crippen LogP contribution in [0.3, 0.4) is 0 Å². The zero-order valence-electron chi connectivity index (χ0n) is 14.4. The number of carboxylic acid groups (broad SMARTS) is 1. The summed E-state index contributed by atoms with van der Waals surface area (Å²) in [5.74, 6) is -1.20. The van der Waals surface area contributed by atoms with Crippen LogP contribution in [0.2, 0.25) is 0 Å². The summed E-state index contributed by atoms with van der Waals surface area (Å²) in [6.07, 6.45) is 2.99. The third-order valence-corrected chi connectivity index (χ3v) is 4.05. The molecule has 0 spiro atoms. The van der Waals surface area contributed by atoms with Crippen LogP contribution in [0, 0.1) is 5.82 Å². The lowest BCUT2D eigenvalue weighted by Crippen LogP contribution is -2.33. The molecule has 3 rings (SSSR count). The number of rotatable bonds is 7. The van der Waals surface area contributed by atoms with Gasteiger partial charge in [-0.2, -0.15) is 0 Å². The molecular weight excluding hydrogens is 349 g/mol. The second-order valence-electron chi connectivity index (χ2n) is 6.01. The van der Waals surface area contributed by atoms with Crippen LogP contribution in [-0.2, 0) is 16.1 Å². The minimum atomic E-state index is -1.06. The maximum absolute atomic E-state index is 13.1. The molecule has 0 saturated carbocycles. The van der Waals surface area contributed by atoms with E-state index in [0.29, 0.717) is 11.4 Å². The van der Waals surface area contributed by atoms with Gasteiger partial charge in [0.2, 0.25) is 5.91 Å². The molecular formula is C20H18FN3O3. The molecule has 6 nitrogen and oxygen atoms in total. The SMILES string of the molecule is O=C(O)CC(NC(=O)Cn1ccnc1-c1ccccc1)c1ccc(F)cc1. The van der Waals surface area contributed by atoms with Crippen LogP contribution in [0.4, 0.5) is 4.39 Å². The van der Waals surface area contributed by atoms with E-state index in [0.717, 1.165) is 5.56 Å². The lowest BCUT2D eigenvalue weighted by molar-refractivity contribution is -0.137. The molecule has 1 aromatic heterocycles. The van der Waals surface area contributed by atoms with Crippen molar-refractivity contribution in [2.75, 3.05) is 0 Å². The number of carbonyl (C=O) groups is 2. The Morgan fingerprint density at radius 2 is 1.81 bits per heavy atom. The second kappa shape index (κ2) is 8.27. The Kier molecular flexibility index (Phi) is 5.61. The number of benzene rings is 2. The standard InChI is InChI=1S/C20H18FN3O3/c21-16-8-6-14(7-9-16)17(12-19(26)27)23-18(25)13-24-11-10-22-20(24)15-4-2-1-3-5-15/h1-11,17H,12-13H2,(H,23,25)(H,26,27). The summed E-state index contributed by atoms with van der Waals surface area (Å²) in [6.45, 7) is -0.0124. The minimum Gasteiger partial charge on any atom is -0.481 e. The first-order chi connectivity index (χ1) is 13.0. The van der Waals surface area contributed by atoms with Crippen molar-refractivity contribution in [1.29, 1.82) is 0 Å². The summed E-state index contributed by atoms with van der Waals surface area (Å²) in [5, 5.41) is 11.8. The van der Waals surface area contributed by atoms with Gasteiger partial charge in [0.05, 0.1) is 12.5 Å². The zero-order chi connectivity index (χ0) is 19.2. The van der Waals surface area contributed by atoms with Crippen LogP contribution in [0.1, 0.15) is 18.0 Å². The number of hydrogen-bond donors (Lipinski definition) is 2. The first-order valence-electron chi connectivity index (χ1n) is 8.36. The number of nitrogens with zero attached hydrogens (tertiary/aromatic N) is 2. The van der Waals surface area contributed by atoms with E-state index in [4.69, 9.17) is 5.11 Å². The predicted molar refractivity (Wildman–Crippen MR) is 97.2 cm³/mol. The molecule has 0 fully saturated rings. The fourth-order valence-electron chi connectivity index (χ4n) is 2.80. The van der Waals surface area contributed by atoms with Crippen molar-refractivity contribution in [1.82, 2.24) is 14.9 Å². The third kappa shape index (κ3) is 4.78. The van der Waals surface area contributed by atoms with Crippen LogP contribution >= 0.6 is 0 Å². The van der Waals surface area contributed by atoms with Gasteiger partial charge in [0, 0.05) is 18.0 Å². The van der Waals surface area contributed by atoms with Gasteiger partial charge in [0.1, 0.15) is 18.2 Å². The summed E-state index contributed by atoms with van der Waals surface area (Å²) in [7, 11) is 0. The molecule has 1 heterocycles. The predicted octanol–water partition coefficient (Wildman–Crippen LogP) is 3.02. The van der Waals surface area contributed by atoms with E-state index < -0.39 is 17.8 Å². The second-order valence-corrected chi connectivity index (χ2v) is 6.01. The smallest absolute Gasteiger partial charge is 0.305 e. The molecule has 0 aliphatic heterocycles. The average Bonchev–Trinajstić information content (AvgIpc) is 3.10. The number of nitrogens with one attached hydrogen (secondary N) is 1. The Morgan fingerprint density at radius 3 is 2.48 bits per heavy atom. The Balaban J connectivity index is 1.74. The topological polar surface area (TPSA) is 84.2 Å². The van der Waals surface area contributed by atoms with Crippen molar-refractivity contribution < 1.29 is 19.1 Å². The molecule has 0 saturated heterocycles. The van der Waals surface area contributed by atoms with Gasteiger partial charge in [0.15, 0.2) is 0 Å². The molecule has 1 unspecified atom stereocenters. The Labute approximate surface area is 155 Å². The maximum atomic E-state index is 13.1. The summed E-state index contributed by atoms with van der Waals surface area (Å²) < 4.78 is 14.8. The molecule has 7 heteroatoms. The van der Waals surface area contributed by atoms with E-state index in [9.17, 15) is 14.0 Å². The Hall–Kier alpha value is -3.48. The van der Waals surface area contributed by atoms with Crippen LogP contribution in [-0.4, -0.2) is 26.5 Å². The number of aromatic nitrogens is 2. The normalized spacial score (nSPS) is 11.7. The first-order valence-corrected chi connectivity index (χ1v) is 8.36. The summed E-state index contributed by atoms with van der Waals surface area (Å²) in [6, 6.07) is 14.1. The molecule has 0 aliphatic rings. The fraction of sp³-hybridized carbons (Fsp3) is 0.150. The summed E-state index contributed by atoms with van der Waals surface area (Å²) in [5.41, 5.74) is 1.40. The molecule has 3 aromatic rings. The highest BCUT2D eigenvalue weighted by molar-refractivity contribution is 5.78. The summed E-state index contributed by atoms with van der Waals surface area (Å²) in [4.78, 5) is 27.9. The molecule has 0 radical (unpaired) electrons. The number of imidazole rings is 1. The minimum absolute atomic E-state index is 0.0124. The number of carbonyl (C=O) groups excluding carboxylic acids is 1. The fourth-order valence-corrected chi connectivity index (χ4v) is 2.80. The van der Waals surface area contributed by atoms with Crippen LogP contribution in [0.15, 0.2) is 67.0 Å². The van der Waals surface area contributed by atoms with Gasteiger partial charge >= 0.3 is 5.97 Å². The van der Waals surface area contributed by atoms with Crippen LogP contribution < -0.4 is 5.32 Å². The summed E-state index contributed by atoms with van der Waals surface area (Å²) >= 11 is 0. The van der Waals surface area contributed by atoms with Gasteiger partial charge in [-0.1, -0.05) is 42.5 Å². The molecule has 0 bridgehead atoms. The Bertz CT molecular complexity index is 923. The van der Waals surface area contributed by atoms with Gasteiger partial charge in [-0.3, -0.25) is 9.59 Å².